The highest BCUT2D eigenvalue weighted by molar-refractivity contribution is 5.90. The maximum absolute atomic E-state index is 5.74. The second-order valence-electron chi connectivity index (χ2n) is 2.76. The first-order chi connectivity index (χ1) is 5.27. The number of nitrogens with one attached hydrogen (secondary N) is 1. The average molecular weight is 146 g/mol. The fourth-order valence-corrected chi connectivity index (χ4v) is 1.32. The molecule has 0 unspecified atom stereocenters. The summed E-state index contributed by atoms with van der Waals surface area (Å²) in [6.07, 6.45) is 0. The lowest BCUT2D eigenvalue weighted by Crippen LogP contribution is -1.84. The molecule has 0 saturated carbocycles. The van der Waals surface area contributed by atoms with Crippen LogP contribution in [-0.4, -0.2) is 4.98 Å². The van der Waals surface area contributed by atoms with E-state index in [4.69, 9.17) is 5.73 Å². The van der Waals surface area contributed by atoms with Crippen molar-refractivity contribution in [3.05, 3.63) is 30.0 Å². The molecule has 0 spiro atoms. The van der Waals surface area contributed by atoms with Gasteiger partial charge in [-0.3, -0.25) is 0 Å². The summed E-state index contributed by atoms with van der Waals surface area (Å²) in [5, 5.41) is 1.18. The molecule has 2 rings (SSSR count). The number of benzene rings is 1. The van der Waals surface area contributed by atoms with E-state index < -0.39 is 0 Å². The average Bonchev–Trinajstić information content (AvgIpc) is 2.31. The Balaban J connectivity index is 2.90. The van der Waals surface area contributed by atoms with Crippen molar-refractivity contribution < 1.29 is 0 Å². The van der Waals surface area contributed by atoms with Crippen LogP contribution in [0.15, 0.2) is 24.3 Å². The van der Waals surface area contributed by atoms with Crippen molar-refractivity contribution in [1.29, 1.82) is 0 Å². The summed E-state index contributed by atoms with van der Waals surface area (Å²) in [6.45, 7) is 2.03. The Kier molecular flexibility index (Phi) is 1.15. The number of para-hydroxylation sites is 1. The van der Waals surface area contributed by atoms with Gasteiger partial charge in [0.05, 0.1) is 11.2 Å². The van der Waals surface area contributed by atoms with Gasteiger partial charge in [-0.25, -0.2) is 0 Å². The third kappa shape index (κ3) is 0.871. The standard InChI is InChI=1S/C9H10N2/c1-6-5-7-3-2-4-8(10)9(7)11-6/h2-5,11H,10H2,1H3. The molecular formula is C9H10N2. The van der Waals surface area contributed by atoms with Crippen molar-refractivity contribution in [3.63, 3.8) is 0 Å². The van der Waals surface area contributed by atoms with Crippen molar-refractivity contribution >= 4 is 16.6 Å². The van der Waals surface area contributed by atoms with Gasteiger partial charge in [0, 0.05) is 11.1 Å². The van der Waals surface area contributed by atoms with E-state index in [2.05, 4.69) is 17.1 Å². The van der Waals surface area contributed by atoms with Crippen LogP contribution in [0, 0.1) is 6.92 Å². The minimum atomic E-state index is 0.815. The van der Waals surface area contributed by atoms with E-state index in [1.807, 2.05) is 19.1 Å². The molecular weight excluding hydrogens is 136 g/mol. The smallest absolute Gasteiger partial charge is 0.0689 e. The molecule has 56 valence electrons. The molecule has 2 nitrogen and oxygen atoms in total. The Morgan fingerprint density at radius 1 is 1.36 bits per heavy atom. The van der Waals surface area contributed by atoms with E-state index >= 15 is 0 Å². The Hall–Kier alpha value is -1.44. The minimum absolute atomic E-state index is 0.815. The molecule has 1 heterocycles. The number of hydrogen-bond acceptors (Lipinski definition) is 1. The highest BCUT2D eigenvalue weighted by Crippen LogP contribution is 2.20. The normalized spacial score (nSPS) is 10.6. The highest BCUT2D eigenvalue weighted by Gasteiger charge is 1.98. The van der Waals surface area contributed by atoms with Gasteiger partial charge in [-0.1, -0.05) is 12.1 Å². The summed E-state index contributed by atoms with van der Waals surface area (Å²) in [5.41, 5.74) is 8.75. The molecule has 0 aliphatic carbocycles. The zero-order valence-electron chi connectivity index (χ0n) is 6.39. The van der Waals surface area contributed by atoms with Gasteiger partial charge in [0.1, 0.15) is 0 Å². The van der Waals surface area contributed by atoms with Gasteiger partial charge in [-0.05, 0) is 19.1 Å². The number of fused-ring (bicyclic) bond motifs is 1. The van der Waals surface area contributed by atoms with Gasteiger partial charge < -0.3 is 10.7 Å². The van der Waals surface area contributed by atoms with Crippen LogP contribution in [-0.2, 0) is 0 Å². The number of aryl methyl sites for hydroxylation is 1. The molecule has 2 heteroatoms. The predicted molar refractivity (Wildman–Crippen MR) is 47.4 cm³/mol. The van der Waals surface area contributed by atoms with E-state index in [9.17, 15) is 0 Å². The molecule has 0 saturated heterocycles. The molecule has 0 aliphatic heterocycles. The van der Waals surface area contributed by atoms with E-state index in [-0.39, 0.29) is 0 Å². The highest BCUT2D eigenvalue weighted by atomic mass is 14.7. The molecule has 1 aromatic carbocycles. The van der Waals surface area contributed by atoms with E-state index in [1.165, 1.54) is 5.39 Å². The van der Waals surface area contributed by atoms with Crippen molar-refractivity contribution in [2.24, 2.45) is 0 Å². The summed E-state index contributed by atoms with van der Waals surface area (Å²) in [6, 6.07) is 8.00. The van der Waals surface area contributed by atoms with Crippen LogP contribution < -0.4 is 5.73 Å². The summed E-state index contributed by atoms with van der Waals surface area (Å²) in [4.78, 5) is 3.20. The Morgan fingerprint density at radius 2 is 2.18 bits per heavy atom. The second kappa shape index (κ2) is 2.02. The molecule has 11 heavy (non-hydrogen) atoms. The molecule has 0 bridgehead atoms. The predicted octanol–water partition coefficient (Wildman–Crippen LogP) is 2.06. The first-order valence-corrected chi connectivity index (χ1v) is 3.61. The number of nitrogens with two attached hydrogens (primary N) is 1. The van der Waals surface area contributed by atoms with E-state index in [1.54, 1.807) is 0 Å². The Morgan fingerprint density at radius 3 is 2.91 bits per heavy atom. The summed E-state index contributed by atoms with van der Waals surface area (Å²) in [7, 11) is 0. The molecule has 3 N–H and O–H groups in total. The van der Waals surface area contributed by atoms with Gasteiger partial charge in [-0.15, -0.1) is 0 Å². The lowest BCUT2D eigenvalue weighted by atomic mass is 10.2. The minimum Gasteiger partial charge on any atom is -0.397 e. The number of aromatic nitrogens is 1. The zero-order chi connectivity index (χ0) is 7.84. The zero-order valence-corrected chi connectivity index (χ0v) is 6.39. The number of nitrogen functional groups attached to an aromatic ring is 1. The van der Waals surface area contributed by atoms with Crippen LogP contribution >= 0.6 is 0 Å². The first kappa shape index (κ1) is 6.28. The number of anilines is 1. The van der Waals surface area contributed by atoms with Crippen molar-refractivity contribution in [3.8, 4) is 0 Å². The van der Waals surface area contributed by atoms with Crippen LogP contribution in [0.3, 0.4) is 0 Å². The van der Waals surface area contributed by atoms with Gasteiger partial charge >= 0.3 is 0 Å². The van der Waals surface area contributed by atoms with Gasteiger partial charge in [0.25, 0.3) is 0 Å². The number of aromatic amines is 1. The maximum atomic E-state index is 5.74. The fourth-order valence-electron chi connectivity index (χ4n) is 1.32. The van der Waals surface area contributed by atoms with E-state index in [0.29, 0.717) is 0 Å². The van der Waals surface area contributed by atoms with Crippen LogP contribution in [0.4, 0.5) is 5.69 Å². The third-order valence-corrected chi connectivity index (χ3v) is 1.82. The molecule has 0 amide bonds. The van der Waals surface area contributed by atoms with Crippen molar-refractivity contribution in [1.82, 2.24) is 4.98 Å². The molecule has 0 radical (unpaired) electrons. The SMILES string of the molecule is Cc1cc2cccc(N)c2[nH]1. The van der Waals surface area contributed by atoms with Gasteiger partial charge in [-0.2, -0.15) is 0 Å². The summed E-state index contributed by atoms with van der Waals surface area (Å²) in [5.74, 6) is 0. The second-order valence-corrected chi connectivity index (χ2v) is 2.76. The Labute approximate surface area is 65.0 Å². The summed E-state index contributed by atoms with van der Waals surface area (Å²) >= 11 is 0. The van der Waals surface area contributed by atoms with Crippen LogP contribution in [0.2, 0.25) is 0 Å². The van der Waals surface area contributed by atoms with Crippen LogP contribution in [0.5, 0.6) is 0 Å². The Bertz CT molecular complexity index is 387. The molecule has 0 fully saturated rings. The quantitative estimate of drug-likeness (QED) is 0.549. The van der Waals surface area contributed by atoms with Crippen molar-refractivity contribution in [2.45, 2.75) is 6.92 Å². The summed E-state index contributed by atoms with van der Waals surface area (Å²) < 4.78 is 0. The monoisotopic (exact) mass is 146 g/mol. The number of hydrogen-bond donors (Lipinski definition) is 2. The maximum Gasteiger partial charge on any atom is 0.0689 e. The van der Waals surface area contributed by atoms with Crippen LogP contribution in [0.1, 0.15) is 5.69 Å². The van der Waals surface area contributed by atoms with Gasteiger partial charge in [0.2, 0.25) is 0 Å². The van der Waals surface area contributed by atoms with Crippen molar-refractivity contribution in [2.75, 3.05) is 5.73 Å². The fraction of sp³-hybridized carbons (Fsp3) is 0.111. The molecule has 0 atom stereocenters. The molecule has 1 aromatic heterocycles. The molecule has 2 aromatic rings. The number of rotatable bonds is 0. The lowest BCUT2D eigenvalue weighted by Gasteiger charge is -1.92. The van der Waals surface area contributed by atoms with Gasteiger partial charge in [0.15, 0.2) is 0 Å². The topological polar surface area (TPSA) is 41.8 Å². The molecule has 0 aliphatic rings. The van der Waals surface area contributed by atoms with E-state index in [0.717, 1.165) is 16.9 Å². The lowest BCUT2D eigenvalue weighted by molar-refractivity contribution is 1.30. The van der Waals surface area contributed by atoms with Crippen LogP contribution in [0.25, 0.3) is 10.9 Å². The third-order valence-electron chi connectivity index (χ3n) is 1.82. The first-order valence-electron chi connectivity index (χ1n) is 3.61. The number of H-pyrrole nitrogens is 1. The largest absolute Gasteiger partial charge is 0.397 e.